The van der Waals surface area contributed by atoms with Crippen LogP contribution >= 0.6 is 0 Å². The van der Waals surface area contributed by atoms with Gasteiger partial charge in [0, 0.05) is 50.6 Å². The average Bonchev–Trinajstić information content (AvgIpc) is 3.50. The van der Waals surface area contributed by atoms with Gasteiger partial charge in [0.15, 0.2) is 0 Å². The van der Waals surface area contributed by atoms with E-state index < -0.39 is 0 Å². The Labute approximate surface area is 277 Å². The van der Waals surface area contributed by atoms with Gasteiger partial charge >= 0.3 is 0 Å². The van der Waals surface area contributed by atoms with Gasteiger partial charge in [-0.2, -0.15) is 5.26 Å². The molecule has 47 heavy (non-hydrogen) atoms. The quantitative estimate of drug-likeness (QED) is 0.185. The molecule has 0 radical (unpaired) electrons. The number of nitriles is 1. The Bertz CT molecular complexity index is 1500. The van der Waals surface area contributed by atoms with E-state index in [0.717, 1.165) is 63.1 Å². The van der Waals surface area contributed by atoms with E-state index in [1.54, 1.807) is 25.6 Å². The molecule has 13 nitrogen and oxygen atoms in total. The fourth-order valence-electron chi connectivity index (χ4n) is 5.90. The molecule has 1 aromatic carbocycles. The van der Waals surface area contributed by atoms with Gasteiger partial charge in [-0.15, -0.1) is 5.10 Å². The Balaban J connectivity index is 1.29. The second-order valence-corrected chi connectivity index (χ2v) is 12.7. The molecule has 3 N–H and O–H groups in total. The van der Waals surface area contributed by atoms with E-state index in [-0.39, 0.29) is 11.7 Å². The number of morpholine rings is 1. The first-order chi connectivity index (χ1) is 22.8. The van der Waals surface area contributed by atoms with Crippen LogP contribution in [0.2, 0.25) is 0 Å². The second kappa shape index (κ2) is 16.0. The van der Waals surface area contributed by atoms with E-state index in [2.05, 4.69) is 31.2 Å². The van der Waals surface area contributed by atoms with E-state index in [1.165, 1.54) is 6.34 Å². The molecule has 0 amide bonds. The molecule has 2 aromatic heterocycles. The summed E-state index contributed by atoms with van der Waals surface area (Å²) in [6.07, 6.45) is 11.6. The average molecular weight is 646 g/mol. The second-order valence-electron chi connectivity index (χ2n) is 12.7. The zero-order valence-electron chi connectivity index (χ0n) is 27.9. The van der Waals surface area contributed by atoms with Crippen molar-refractivity contribution in [1.29, 1.82) is 5.26 Å². The zero-order valence-corrected chi connectivity index (χ0v) is 27.9. The Morgan fingerprint density at radius 1 is 1.15 bits per heavy atom. The molecule has 0 spiro atoms. The molecule has 1 aliphatic carbocycles. The van der Waals surface area contributed by atoms with Crippen molar-refractivity contribution in [2.75, 3.05) is 51.9 Å². The Morgan fingerprint density at radius 3 is 2.55 bits per heavy atom. The minimum atomic E-state index is -0.306. The summed E-state index contributed by atoms with van der Waals surface area (Å²) in [5.74, 6) is 1.41. The molecule has 1 aliphatic heterocycles. The summed E-state index contributed by atoms with van der Waals surface area (Å²) in [7, 11) is 1.71. The fraction of sp³-hybridized carbons (Fsp3) is 0.559. The third kappa shape index (κ3) is 9.18. The highest BCUT2D eigenvalue weighted by atomic mass is 16.5. The summed E-state index contributed by atoms with van der Waals surface area (Å²) in [4.78, 5) is 15.8. The fourth-order valence-corrected chi connectivity index (χ4v) is 5.90. The zero-order chi connectivity index (χ0) is 33.2. The van der Waals surface area contributed by atoms with Crippen molar-refractivity contribution in [3.8, 4) is 28.8 Å². The maximum atomic E-state index is 9.58. The van der Waals surface area contributed by atoms with Gasteiger partial charge in [0.1, 0.15) is 23.6 Å². The number of benzene rings is 1. The lowest BCUT2D eigenvalue weighted by Gasteiger charge is -2.38. The lowest BCUT2D eigenvalue weighted by Crippen LogP contribution is -2.45. The van der Waals surface area contributed by atoms with Crippen LogP contribution in [0.15, 0.2) is 41.8 Å². The monoisotopic (exact) mass is 645 g/mol. The van der Waals surface area contributed by atoms with E-state index >= 15 is 0 Å². The third-order valence-corrected chi connectivity index (χ3v) is 8.93. The molecular formula is C34H47N9O4. The van der Waals surface area contributed by atoms with Crippen molar-refractivity contribution in [3.05, 3.63) is 42.4 Å². The van der Waals surface area contributed by atoms with E-state index in [4.69, 9.17) is 29.8 Å². The molecule has 1 saturated carbocycles. The molecule has 3 aromatic rings. The molecule has 0 bridgehead atoms. The molecule has 13 heteroatoms. The van der Waals surface area contributed by atoms with Crippen LogP contribution in [-0.4, -0.2) is 95.3 Å². The van der Waals surface area contributed by atoms with E-state index in [0.29, 0.717) is 60.5 Å². The van der Waals surface area contributed by atoms with Gasteiger partial charge in [-0.05, 0) is 64.2 Å². The number of aromatic nitrogens is 4. The first-order valence-electron chi connectivity index (χ1n) is 16.4. The first kappa shape index (κ1) is 34.1. The summed E-state index contributed by atoms with van der Waals surface area (Å²) in [5.41, 5.74) is 7.81. The summed E-state index contributed by atoms with van der Waals surface area (Å²) in [5, 5.41) is 17.8. The molecule has 3 heterocycles. The number of hydrogen-bond acceptors (Lipinski definition) is 11. The number of aliphatic imine (C=N–C) groups is 1. The minimum absolute atomic E-state index is 0.252. The van der Waals surface area contributed by atoms with Crippen molar-refractivity contribution in [2.45, 2.75) is 76.7 Å². The number of hydrogen-bond donors (Lipinski definition) is 2. The summed E-state index contributed by atoms with van der Waals surface area (Å²) < 4.78 is 25.4. The van der Waals surface area contributed by atoms with Crippen molar-refractivity contribution in [3.63, 3.8) is 0 Å². The summed E-state index contributed by atoms with van der Waals surface area (Å²) >= 11 is 0. The minimum Gasteiger partial charge on any atom is -0.487 e. The summed E-state index contributed by atoms with van der Waals surface area (Å²) in [6.45, 7) is 10.5. The van der Waals surface area contributed by atoms with Gasteiger partial charge < -0.3 is 30.0 Å². The lowest BCUT2D eigenvalue weighted by molar-refractivity contribution is 0.00409. The molecule has 5 rings (SSSR count). The highest BCUT2D eigenvalue weighted by molar-refractivity contribution is 5.67. The number of rotatable bonds is 14. The Kier molecular flexibility index (Phi) is 11.6. The highest BCUT2D eigenvalue weighted by Gasteiger charge is 2.29. The van der Waals surface area contributed by atoms with Gasteiger partial charge in [-0.25, -0.2) is 9.97 Å². The molecule has 2 aliphatic rings. The molecule has 1 atom stereocenters. The van der Waals surface area contributed by atoms with Crippen molar-refractivity contribution in [1.82, 2.24) is 24.6 Å². The topological polar surface area (TPSA) is 158 Å². The normalized spacial score (nSPS) is 19.7. The molecule has 0 unspecified atom stereocenters. The van der Waals surface area contributed by atoms with Gasteiger partial charge in [0.25, 0.3) is 5.88 Å². The smallest absolute Gasteiger partial charge is 0.256 e. The highest BCUT2D eigenvalue weighted by Crippen LogP contribution is 2.35. The van der Waals surface area contributed by atoms with Crippen LogP contribution in [0, 0.1) is 11.3 Å². The first-order valence-corrected chi connectivity index (χ1v) is 16.4. The number of methoxy groups -OCH3 is 1. The number of ether oxygens (including phenoxy) is 4. The van der Waals surface area contributed by atoms with Gasteiger partial charge in [-0.3, -0.25) is 14.6 Å². The molecular weight excluding hydrogens is 598 g/mol. The predicted octanol–water partition coefficient (Wildman–Crippen LogP) is 4.72. The maximum Gasteiger partial charge on any atom is 0.256 e. The van der Waals surface area contributed by atoms with Crippen molar-refractivity contribution >= 4 is 18.0 Å². The van der Waals surface area contributed by atoms with Gasteiger partial charge in [-0.1, -0.05) is 6.07 Å². The van der Waals surface area contributed by atoms with Gasteiger partial charge in [0.05, 0.1) is 56.1 Å². The largest absolute Gasteiger partial charge is 0.487 e. The standard InChI is InChI=1S/C34H47N9O4/c1-24(19-37-23-36)47-31-17-25(5-6-26(31)18-35)27-20-38-33(39-21-27)40-30-22-43(41-32(30)46-14-11-34(2,3)44-4)29-9-7-28(8-10-29)42-12-15-45-16-13-42/h5-6,17,20-24,28-29H,7-16,19H2,1-4H3,(H2,36,37)(H,38,39,40)/t24-,28?,29?/m0/s1. The molecule has 2 fully saturated rings. The number of nitrogens with two attached hydrogens (primary N) is 1. The van der Waals surface area contributed by atoms with E-state index in [9.17, 15) is 5.26 Å². The summed E-state index contributed by atoms with van der Waals surface area (Å²) in [6, 6.07) is 8.48. The van der Waals surface area contributed by atoms with E-state index in [1.807, 2.05) is 43.8 Å². The van der Waals surface area contributed by atoms with Crippen LogP contribution in [0.5, 0.6) is 11.6 Å². The van der Waals surface area contributed by atoms with Crippen LogP contribution < -0.4 is 20.5 Å². The maximum absolute atomic E-state index is 9.58. The van der Waals surface area contributed by atoms with Crippen LogP contribution in [-0.2, 0) is 9.47 Å². The van der Waals surface area contributed by atoms with Crippen molar-refractivity contribution in [2.24, 2.45) is 10.7 Å². The predicted molar refractivity (Wildman–Crippen MR) is 180 cm³/mol. The van der Waals surface area contributed by atoms with Crippen molar-refractivity contribution < 1.29 is 18.9 Å². The molecule has 1 saturated heterocycles. The Morgan fingerprint density at radius 2 is 1.87 bits per heavy atom. The molecule has 252 valence electrons. The van der Waals surface area contributed by atoms with Crippen LogP contribution in [0.25, 0.3) is 11.1 Å². The number of nitrogens with zero attached hydrogens (tertiary/aromatic N) is 7. The van der Waals surface area contributed by atoms with Gasteiger partial charge in [0.2, 0.25) is 5.95 Å². The lowest BCUT2D eigenvalue weighted by atomic mass is 9.90. The van der Waals surface area contributed by atoms with Crippen LogP contribution in [0.1, 0.15) is 64.5 Å². The number of nitrogens with one attached hydrogen (secondary N) is 1. The third-order valence-electron chi connectivity index (χ3n) is 8.93. The SMILES string of the molecule is COC(C)(C)CCOc1nn(C2CCC(N3CCOCC3)CC2)cc1Nc1ncc(-c2ccc(C#N)c(O[C@@H](C)CN=CN)c2)cn1. The van der Waals surface area contributed by atoms with Crippen LogP contribution in [0.4, 0.5) is 11.6 Å². The Hall–Kier alpha value is -4.25. The van der Waals surface area contributed by atoms with Crippen LogP contribution in [0.3, 0.4) is 0 Å². The number of anilines is 2.